The van der Waals surface area contributed by atoms with Crippen LogP contribution < -0.4 is 4.90 Å². The van der Waals surface area contributed by atoms with Gasteiger partial charge >= 0.3 is 0 Å². The van der Waals surface area contributed by atoms with Crippen LogP contribution in [0, 0.1) is 0 Å². The first-order valence-electron chi connectivity index (χ1n) is 10.2. The third kappa shape index (κ3) is 3.63. The second-order valence-corrected chi connectivity index (χ2v) is 7.94. The maximum absolute atomic E-state index is 12.4. The lowest BCUT2D eigenvalue weighted by Crippen LogP contribution is -2.26. The first-order chi connectivity index (χ1) is 13.6. The summed E-state index contributed by atoms with van der Waals surface area (Å²) in [6.07, 6.45) is 2.44. The van der Waals surface area contributed by atoms with Crippen molar-refractivity contribution in [3.8, 4) is 11.4 Å². The Morgan fingerprint density at radius 3 is 2.68 bits per heavy atom. The number of carbonyl (C=O) groups excluding carboxylic acids is 1. The SMILES string of the molecule is CCCN1CC(c2nc(-c3ccc(N(C)C)cc3)nn2C2CCOC2)CC1=O. The van der Waals surface area contributed by atoms with Gasteiger partial charge in [0.2, 0.25) is 5.91 Å². The van der Waals surface area contributed by atoms with Gasteiger partial charge in [-0.15, -0.1) is 0 Å². The fraction of sp³-hybridized carbons (Fsp3) is 0.571. The zero-order valence-corrected chi connectivity index (χ0v) is 17.0. The van der Waals surface area contributed by atoms with Crippen molar-refractivity contribution < 1.29 is 9.53 Å². The molecule has 2 unspecified atom stereocenters. The third-order valence-electron chi connectivity index (χ3n) is 5.62. The van der Waals surface area contributed by atoms with Crippen LogP contribution in [0.25, 0.3) is 11.4 Å². The van der Waals surface area contributed by atoms with Crippen LogP contribution >= 0.6 is 0 Å². The van der Waals surface area contributed by atoms with Gasteiger partial charge < -0.3 is 14.5 Å². The Kier molecular flexibility index (Phi) is 5.35. The molecule has 1 aromatic carbocycles. The number of likely N-dealkylation sites (tertiary alicyclic amines) is 1. The molecular formula is C21H29N5O2. The molecule has 150 valence electrons. The topological polar surface area (TPSA) is 63.5 Å². The van der Waals surface area contributed by atoms with Crippen molar-refractivity contribution in [2.75, 3.05) is 45.3 Å². The Labute approximate surface area is 166 Å². The molecular weight excluding hydrogens is 354 g/mol. The normalized spacial score (nSPS) is 22.2. The van der Waals surface area contributed by atoms with E-state index in [0.29, 0.717) is 13.0 Å². The first-order valence-corrected chi connectivity index (χ1v) is 10.2. The van der Waals surface area contributed by atoms with Gasteiger partial charge in [0.15, 0.2) is 5.82 Å². The summed E-state index contributed by atoms with van der Waals surface area (Å²) >= 11 is 0. The fourth-order valence-electron chi connectivity index (χ4n) is 4.06. The van der Waals surface area contributed by atoms with Crippen LogP contribution in [0.3, 0.4) is 0 Å². The van der Waals surface area contributed by atoms with Gasteiger partial charge in [0, 0.05) is 57.4 Å². The number of aromatic nitrogens is 3. The van der Waals surface area contributed by atoms with Crippen LogP contribution in [-0.2, 0) is 9.53 Å². The maximum atomic E-state index is 12.4. The molecule has 2 fully saturated rings. The highest BCUT2D eigenvalue weighted by molar-refractivity contribution is 5.79. The predicted molar refractivity (Wildman–Crippen MR) is 108 cm³/mol. The molecule has 2 aliphatic rings. The molecule has 7 heteroatoms. The van der Waals surface area contributed by atoms with Gasteiger partial charge in [0.25, 0.3) is 0 Å². The van der Waals surface area contributed by atoms with Gasteiger partial charge in [0.05, 0.1) is 12.6 Å². The Bertz CT molecular complexity index is 824. The lowest BCUT2D eigenvalue weighted by molar-refractivity contribution is -0.127. The summed E-state index contributed by atoms with van der Waals surface area (Å²) in [6.45, 7) is 5.07. The molecule has 0 bridgehead atoms. The van der Waals surface area contributed by atoms with Gasteiger partial charge in [-0.05, 0) is 37.1 Å². The zero-order valence-electron chi connectivity index (χ0n) is 17.0. The molecule has 2 aromatic rings. The molecule has 2 aliphatic heterocycles. The van der Waals surface area contributed by atoms with E-state index in [9.17, 15) is 4.79 Å². The molecule has 0 aliphatic carbocycles. The minimum atomic E-state index is 0.0990. The molecule has 0 saturated carbocycles. The van der Waals surface area contributed by atoms with Crippen LogP contribution in [0.4, 0.5) is 5.69 Å². The van der Waals surface area contributed by atoms with Crippen molar-refractivity contribution >= 4 is 11.6 Å². The Hall–Kier alpha value is -2.41. The maximum Gasteiger partial charge on any atom is 0.223 e. The fourth-order valence-corrected chi connectivity index (χ4v) is 4.06. The molecule has 0 radical (unpaired) electrons. The van der Waals surface area contributed by atoms with Crippen LogP contribution in [0.1, 0.15) is 44.0 Å². The van der Waals surface area contributed by atoms with E-state index < -0.39 is 0 Å². The van der Waals surface area contributed by atoms with E-state index in [-0.39, 0.29) is 17.9 Å². The number of nitrogens with zero attached hydrogens (tertiary/aromatic N) is 5. The molecule has 4 rings (SSSR count). The minimum absolute atomic E-state index is 0.0990. The van der Waals surface area contributed by atoms with Crippen LogP contribution in [0.2, 0.25) is 0 Å². The van der Waals surface area contributed by atoms with Crippen LogP contribution in [-0.4, -0.2) is 66.0 Å². The smallest absolute Gasteiger partial charge is 0.223 e. The van der Waals surface area contributed by atoms with E-state index in [1.165, 1.54) is 0 Å². The molecule has 3 heterocycles. The van der Waals surface area contributed by atoms with E-state index in [0.717, 1.165) is 55.4 Å². The standard InChI is InChI=1S/C21H29N5O2/c1-4-10-25-13-16(12-19(25)27)21-22-20(23-26(21)18-9-11-28-14-18)15-5-7-17(8-6-15)24(2)3/h5-8,16,18H,4,9-14H2,1-3H3. The Morgan fingerprint density at radius 1 is 1.25 bits per heavy atom. The third-order valence-corrected chi connectivity index (χ3v) is 5.62. The van der Waals surface area contributed by atoms with Crippen molar-refractivity contribution in [3.05, 3.63) is 30.1 Å². The number of anilines is 1. The van der Waals surface area contributed by atoms with Crippen molar-refractivity contribution in [1.82, 2.24) is 19.7 Å². The van der Waals surface area contributed by atoms with Crippen LogP contribution in [0.5, 0.6) is 0 Å². The number of hydrogen-bond acceptors (Lipinski definition) is 5. The number of ether oxygens (including phenoxy) is 1. The van der Waals surface area contributed by atoms with Crippen molar-refractivity contribution in [2.45, 2.75) is 38.1 Å². The highest BCUT2D eigenvalue weighted by atomic mass is 16.5. The lowest BCUT2D eigenvalue weighted by atomic mass is 10.1. The number of benzene rings is 1. The largest absolute Gasteiger partial charge is 0.379 e. The predicted octanol–water partition coefficient (Wildman–Crippen LogP) is 2.70. The quantitative estimate of drug-likeness (QED) is 0.767. The summed E-state index contributed by atoms with van der Waals surface area (Å²) in [7, 11) is 4.05. The molecule has 7 nitrogen and oxygen atoms in total. The molecule has 0 N–H and O–H groups in total. The van der Waals surface area contributed by atoms with Gasteiger partial charge in [-0.25, -0.2) is 9.67 Å². The number of rotatable bonds is 6. The van der Waals surface area contributed by atoms with Crippen molar-refractivity contribution in [3.63, 3.8) is 0 Å². The number of hydrogen-bond donors (Lipinski definition) is 0. The average Bonchev–Trinajstić information content (AvgIpc) is 3.42. The zero-order chi connectivity index (χ0) is 19.7. The van der Waals surface area contributed by atoms with Gasteiger partial charge in [0.1, 0.15) is 5.82 Å². The van der Waals surface area contributed by atoms with E-state index in [2.05, 4.69) is 36.1 Å². The van der Waals surface area contributed by atoms with Gasteiger partial charge in [-0.1, -0.05) is 6.92 Å². The summed E-state index contributed by atoms with van der Waals surface area (Å²) < 4.78 is 7.63. The van der Waals surface area contributed by atoms with E-state index >= 15 is 0 Å². The van der Waals surface area contributed by atoms with Gasteiger partial charge in [-0.2, -0.15) is 5.10 Å². The summed E-state index contributed by atoms with van der Waals surface area (Å²) in [5.74, 6) is 1.98. The molecule has 0 spiro atoms. The molecule has 1 aromatic heterocycles. The molecule has 1 amide bonds. The van der Waals surface area contributed by atoms with E-state index in [4.69, 9.17) is 14.8 Å². The second kappa shape index (κ2) is 7.91. The van der Waals surface area contributed by atoms with E-state index in [1.807, 2.05) is 23.7 Å². The van der Waals surface area contributed by atoms with Gasteiger partial charge in [-0.3, -0.25) is 4.79 Å². The second-order valence-electron chi connectivity index (χ2n) is 7.94. The Balaban J connectivity index is 1.66. The Morgan fingerprint density at radius 2 is 2.04 bits per heavy atom. The highest BCUT2D eigenvalue weighted by Gasteiger charge is 2.35. The van der Waals surface area contributed by atoms with Crippen molar-refractivity contribution in [1.29, 1.82) is 0 Å². The summed E-state index contributed by atoms with van der Waals surface area (Å²) in [6, 6.07) is 8.49. The minimum Gasteiger partial charge on any atom is -0.379 e. The van der Waals surface area contributed by atoms with Crippen LogP contribution in [0.15, 0.2) is 24.3 Å². The lowest BCUT2D eigenvalue weighted by Gasteiger charge is -2.17. The highest BCUT2D eigenvalue weighted by Crippen LogP contribution is 2.32. The van der Waals surface area contributed by atoms with E-state index in [1.54, 1.807) is 0 Å². The first kappa shape index (κ1) is 18.9. The number of carbonyl (C=O) groups is 1. The summed E-state index contributed by atoms with van der Waals surface area (Å²) in [5, 5.41) is 4.86. The monoisotopic (exact) mass is 383 g/mol. The molecule has 2 saturated heterocycles. The van der Waals surface area contributed by atoms with Crippen molar-refractivity contribution in [2.24, 2.45) is 0 Å². The molecule has 2 atom stereocenters. The number of amides is 1. The summed E-state index contributed by atoms with van der Waals surface area (Å²) in [4.78, 5) is 21.3. The summed E-state index contributed by atoms with van der Waals surface area (Å²) in [5.41, 5.74) is 2.14. The molecule has 28 heavy (non-hydrogen) atoms. The average molecular weight is 383 g/mol.